The summed E-state index contributed by atoms with van der Waals surface area (Å²) in [4.78, 5) is 71.7. The molecule has 38 heavy (non-hydrogen) atoms. The maximum absolute atomic E-state index is 13.2. The van der Waals surface area contributed by atoms with Crippen LogP contribution in [0.15, 0.2) is 24.3 Å². The van der Waals surface area contributed by atoms with Crippen molar-refractivity contribution >= 4 is 47.4 Å². The lowest BCUT2D eigenvalue weighted by molar-refractivity contribution is -0.143. The van der Waals surface area contributed by atoms with Crippen LogP contribution >= 0.6 is 11.8 Å². The summed E-state index contributed by atoms with van der Waals surface area (Å²) in [6.45, 7) is 0. The van der Waals surface area contributed by atoms with E-state index < -0.39 is 72.6 Å². The summed E-state index contributed by atoms with van der Waals surface area (Å²) < 4.78 is 0. The van der Waals surface area contributed by atoms with Crippen molar-refractivity contribution in [3.05, 3.63) is 29.8 Å². The number of phenols is 1. The van der Waals surface area contributed by atoms with Crippen LogP contribution in [0.5, 0.6) is 5.75 Å². The first-order valence-electron chi connectivity index (χ1n) is 11.4. The smallest absolute Gasteiger partial charge is 0.326 e. The van der Waals surface area contributed by atoms with Gasteiger partial charge in [0.05, 0.1) is 12.5 Å². The highest BCUT2D eigenvalue weighted by atomic mass is 32.2. The Morgan fingerprint density at radius 2 is 1.37 bits per heavy atom. The van der Waals surface area contributed by atoms with Crippen LogP contribution in [0.4, 0.5) is 0 Å². The summed E-state index contributed by atoms with van der Waals surface area (Å²) in [5.41, 5.74) is 6.12. The third-order valence-electron chi connectivity index (χ3n) is 5.25. The average Bonchev–Trinajstić information content (AvgIpc) is 2.83. The van der Waals surface area contributed by atoms with Crippen molar-refractivity contribution < 1.29 is 49.2 Å². The molecule has 1 aromatic carbocycles. The summed E-state index contributed by atoms with van der Waals surface area (Å²) in [7, 11) is 0. The molecular formula is C23H32N4O10S. The number of amides is 3. The fourth-order valence-electron chi connectivity index (χ4n) is 3.21. The predicted octanol–water partition coefficient (Wildman–Crippen LogP) is -1.11. The van der Waals surface area contributed by atoms with Gasteiger partial charge in [0.1, 0.15) is 23.9 Å². The topological polar surface area (TPSA) is 245 Å². The molecule has 0 saturated carbocycles. The lowest BCUT2D eigenvalue weighted by Crippen LogP contribution is -2.57. The molecule has 0 aliphatic heterocycles. The maximum Gasteiger partial charge on any atom is 0.326 e. The van der Waals surface area contributed by atoms with Gasteiger partial charge in [-0.3, -0.25) is 24.0 Å². The number of aliphatic carboxylic acids is 3. The molecule has 1 rings (SSSR count). The van der Waals surface area contributed by atoms with Crippen molar-refractivity contribution in [1.82, 2.24) is 16.0 Å². The molecule has 3 amide bonds. The normalized spacial score (nSPS) is 13.8. The number of phenolic OH excluding ortho intramolecular Hbond substituents is 1. The van der Waals surface area contributed by atoms with Crippen molar-refractivity contribution in [3.8, 4) is 5.75 Å². The number of benzene rings is 1. The molecule has 0 fully saturated rings. The Bertz CT molecular complexity index is 1000. The molecule has 15 heteroatoms. The number of carboxylic acid groups (broad SMARTS) is 3. The highest BCUT2D eigenvalue weighted by Crippen LogP contribution is 2.12. The molecule has 4 unspecified atom stereocenters. The zero-order chi connectivity index (χ0) is 28.8. The van der Waals surface area contributed by atoms with E-state index in [9.17, 15) is 39.0 Å². The number of nitrogens with two attached hydrogens (primary N) is 1. The molecule has 0 aromatic heterocycles. The SMILES string of the molecule is CSCCC(NC(=O)C(Cc1ccc(O)cc1)NC(=O)C(N)CC(=O)O)C(=O)NC(CCC(=O)O)C(=O)O. The van der Waals surface area contributed by atoms with Gasteiger partial charge >= 0.3 is 17.9 Å². The molecule has 0 aliphatic carbocycles. The molecule has 0 heterocycles. The third kappa shape index (κ3) is 11.9. The summed E-state index contributed by atoms with van der Waals surface area (Å²) >= 11 is 1.36. The number of nitrogens with one attached hydrogen (secondary N) is 3. The Kier molecular flexibility index (Phi) is 13.6. The van der Waals surface area contributed by atoms with Gasteiger partial charge in [-0.1, -0.05) is 12.1 Å². The lowest BCUT2D eigenvalue weighted by atomic mass is 10.0. The summed E-state index contributed by atoms with van der Waals surface area (Å²) in [6, 6.07) is 0.221. The van der Waals surface area contributed by atoms with E-state index in [-0.39, 0.29) is 25.0 Å². The van der Waals surface area contributed by atoms with E-state index in [0.717, 1.165) is 0 Å². The molecule has 210 valence electrons. The Morgan fingerprint density at radius 3 is 1.89 bits per heavy atom. The van der Waals surface area contributed by atoms with Gasteiger partial charge < -0.3 is 42.1 Å². The van der Waals surface area contributed by atoms with Crippen molar-refractivity contribution in [2.45, 2.75) is 56.3 Å². The number of hydrogen-bond donors (Lipinski definition) is 8. The van der Waals surface area contributed by atoms with Crippen LogP contribution in [0.3, 0.4) is 0 Å². The molecule has 4 atom stereocenters. The number of carbonyl (C=O) groups is 6. The Labute approximate surface area is 222 Å². The number of aromatic hydroxyl groups is 1. The van der Waals surface area contributed by atoms with E-state index in [4.69, 9.17) is 15.9 Å². The average molecular weight is 557 g/mol. The molecule has 0 saturated heterocycles. The Balaban J connectivity index is 3.12. The first kappa shape index (κ1) is 32.2. The van der Waals surface area contributed by atoms with Gasteiger partial charge in [0.15, 0.2) is 0 Å². The zero-order valence-electron chi connectivity index (χ0n) is 20.6. The molecule has 9 N–H and O–H groups in total. The molecule has 1 aromatic rings. The van der Waals surface area contributed by atoms with Crippen LogP contribution in [0.1, 0.15) is 31.2 Å². The van der Waals surface area contributed by atoms with Gasteiger partial charge in [-0.25, -0.2) is 4.79 Å². The molecule has 0 bridgehead atoms. The van der Waals surface area contributed by atoms with Crippen molar-refractivity contribution in [2.24, 2.45) is 5.73 Å². The van der Waals surface area contributed by atoms with E-state index in [1.54, 1.807) is 6.26 Å². The summed E-state index contributed by atoms with van der Waals surface area (Å²) in [5, 5.41) is 43.7. The first-order chi connectivity index (χ1) is 17.8. The largest absolute Gasteiger partial charge is 0.508 e. The van der Waals surface area contributed by atoms with Gasteiger partial charge in [0, 0.05) is 12.8 Å². The van der Waals surface area contributed by atoms with Crippen molar-refractivity contribution in [3.63, 3.8) is 0 Å². The first-order valence-corrected chi connectivity index (χ1v) is 12.8. The minimum Gasteiger partial charge on any atom is -0.508 e. The molecule has 14 nitrogen and oxygen atoms in total. The fourth-order valence-corrected chi connectivity index (χ4v) is 3.68. The minimum atomic E-state index is -1.51. The summed E-state index contributed by atoms with van der Waals surface area (Å²) in [6.07, 6.45) is 0.163. The molecule has 0 spiro atoms. The van der Waals surface area contributed by atoms with Crippen LogP contribution in [0, 0.1) is 0 Å². The van der Waals surface area contributed by atoms with Gasteiger partial charge in [-0.15, -0.1) is 0 Å². The van der Waals surface area contributed by atoms with Gasteiger partial charge in [-0.2, -0.15) is 11.8 Å². The second-order valence-corrected chi connectivity index (χ2v) is 9.30. The van der Waals surface area contributed by atoms with Crippen LogP contribution in [0.25, 0.3) is 0 Å². The fraction of sp³-hybridized carbons (Fsp3) is 0.478. The number of rotatable bonds is 17. The quantitative estimate of drug-likeness (QED) is 0.114. The Morgan fingerprint density at radius 1 is 0.816 bits per heavy atom. The van der Waals surface area contributed by atoms with Crippen LogP contribution < -0.4 is 21.7 Å². The number of thioether (sulfide) groups is 1. The second kappa shape index (κ2) is 16.1. The van der Waals surface area contributed by atoms with E-state index in [0.29, 0.717) is 11.3 Å². The van der Waals surface area contributed by atoms with Gasteiger partial charge in [0.2, 0.25) is 17.7 Å². The van der Waals surface area contributed by atoms with E-state index in [2.05, 4.69) is 16.0 Å². The van der Waals surface area contributed by atoms with E-state index >= 15 is 0 Å². The van der Waals surface area contributed by atoms with Gasteiger partial charge in [-0.05, 0) is 42.5 Å². The molecule has 0 radical (unpaired) electrons. The zero-order valence-corrected chi connectivity index (χ0v) is 21.4. The van der Waals surface area contributed by atoms with E-state index in [1.807, 2.05) is 0 Å². The third-order valence-corrected chi connectivity index (χ3v) is 5.89. The number of hydrogen-bond acceptors (Lipinski definition) is 9. The number of carbonyl (C=O) groups excluding carboxylic acids is 3. The maximum atomic E-state index is 13.2. The summed E-state index contributed by atoms with van der Waals surface area (Å²) in [5.74, 6) is -6.26. The molecular weight excluding hydrogens is 524 g/mol. The lowest BCUT2D eigenvalue weighted by Gasteiger charge is -2.25. The van der Waals surface area contributed by atoms with Crippen molar-refractivity contribution in [1.29, 1.82) is 0 Å². The van der Waals surface area contributed by atoms with Crippen molar-refractivity contribution in [2.75, 3.05) is 12.0 Å². The second-order valence-electron chi connectivity index (χ2n) is 8.31. The highest BCUT2D eigenvalue weighted by molar-refractivity contribution is 7.98. The van der Waals surface area contributed by atoms with Crippen LogP contribution in [-0.4, -0.2) is 92.2 Å². The van der Waals surface area contributed by atoms with Crippen LogP contribution in [-0.2, 0) is 35.2 Å². The van der Waals surface area contributed by atoms with Gasteiger partial charge in [0.25, 0.3) is 0 Å². The monoisotopic (exact) mass is 556 g/mol. The highest BCUT2D eigenvalue weighted by Gasteiger charge is 2.31. The van der Waals surface area contributed by atoms with E-state index in [1.165, 1.54) is 36.0 Å². The number of carboxylic acids is 3. The molecule has 0 aliphatic rings. The predicted molar refractivity (Wildman–Crippen MR) is 135 cm³/mol. The van der Waals surface area contributed by atoms with Crippen LogP contribution in [0.2, 0.25) is 0 Å². The standard InChI is InChI=1S/C23H32N4O10S/c1-38-9-8-15(21(34)26-16(23(36)37)6-7-18(29)30)25-22(35)17(10-12-2-4-13(28)5-3-12)27-20(33)14(24)11-19(31)32/h2-5,14-17,28H,6-11,24H2,1H3,(H,25,35)(H,26,34)(H,27,33)(H,29,30)(H,31,32)(H,36,37). The minimum absolute atomic E-state index is 0.0352. The Hall–Kier alpha value is -3.85.